The summed E-state index contributed by atoms with van der Waals surface area (Å²) < 4.78 is 0. The lowest BCUT2D eigenvalue weighted by molar-refractivity contribution is -0.122. The van der Waals surface area contributed by atoms with Crippen LogP contribution in [-0.2, 0) is 11.3 Å². The Morgan fingerprint density at radius 1 is 1.19 bits per heavy atom. The lowest BCUT2D eigenvalue weighted by Gasteiger charge is -2.20. The Balaban J connectivity index is 1.48. The smallest absolute Gasteiger partial charge is 0.254 e. The third-order valence-corrected chi connectivity index (χ3v) is 5.72. The van der Waals surface area contributed by atoms with Crippen LogP contribution < -0.4 is 5.32 Å². The fraction of sp³-hybridized carbons (Fsp3) is 0.217. The topological polar surface area (TPSA) is 75.2 Å². The van der Waals surface area contributed by atoms with E-state index in [9.17, 15) is 9.59 Å². The van der Waals surface area contributed by atoms with Gasteiger partial charge in [0.05, 0.1) is 23.0 Å². The molecule has 1 atom stereocenters. The van der Waals surface area contributed by atoms with Crippen LogP contribution in [-0.4, -0.2) is 33.2 Å². The summed E-state index contributed by atoms with van der Waals surface area (Å²) in [6, 6.07) is 15.1. The van der Waals surface area contributed by atoms with Crippen molar-refractivity contribution >= 4 is 35.0 Å². The van der Waals surface area contributed by atoms with Gasteiger partial charge in [0.1, 0.15) is 6.54 Å². The van der Waals surface area contributed by atoms with Crippen molar-refractivity contribution in [2.24, 2.45) is 0 Å². The number of nitrogens with one attached hydrogen (secondary N) is 1. The first-order valence-electron chi connectivity index (χ1n) is 9.91. The number of halogens is 2. The molecule has 0 bridgehead atoms. The van der Waals surface area contributed by atoms with E-state index in [-0.39, 0.29) is 29.7 Å². The van der Waals surface area contributed by atoms with Crippen LogP contribution in [0.25, 0.3) is 11.3 Å². The molecule has 8 heteroatoms. The van der Waals surface area contributed by atoms with Crippen LogP contribution >= 0.6 is 23.2 Å². The summed E-state index contributed by atoms with van der Waals surface area (Å²) in [5, 5.41) is 3.45. The highest BCUT2D eigenvalue weighted by Crippen LogP contribution is 2.31. The minimum Gasteiger partial charge on any atom is -0.348 e. The maximum Gasteiger partial charge on any atom is 0.254 e. The Hall–Kier alpha value is -2.96. The van der Waals surface area contributed by atoms with Crippen molar-refractivity contribution in [1.29, 1.82) is 0 Å². The van der Waals surface area contributed by atoms with E-state index in [4.69, 9.17) is 23.2 Å². The van der Waals surface area contributed by atoms with E-state index < -0.39 is 0 Å². The number of rotatable bonds is 6. The number of fused-ring (bicyclic) bond motifs is 1. The predicted octanol–water partition coefficient (Wildman–Crippen LogP) is 4.67. The summed E-state index contributed by atoms with van der Waals surface area (Å²) in [6.45, 7) is 2.38. The number of hydrogen-bond donors (Lipinski definition) is 1. The lowest BCUT2D eigenvalue weighted by atomic mass is 10.0. The van der Waals surface area contributed by atoms with Gasteiger partial charge >= 0.3 is 0 Å². The Kier molecular flexibility index (Phi) is 6.20. The molecular weight excluding hydrogens is 435 g/mol. The van der Waals surface area contributed by atoms with E-state index in [1.165, 1.54) is 11.1 Å². The fourth-order valence-corrected chi connectivity index (χ4v) is 4.04. The first-order valence-corrected chi connectivity index (χ1v) is 10.7. The SMILES string of the molecule is CCC(NC(=O)CN1Cc2ccc(-c3nc(Cl)ncc3Cl)cc2C1=O)c1ccccc1. The van der Waals surface area contributed by atoms with Crippen molar-refractivity contribution in [2.45, 2.75) is 25.9 Å². The summed E-state index contributed by atoms with van der Waals surface area (Å²) in [5.41, 5.74) is 3.56. The Bertz CT molecular complexity index is 1140. The van der Waals surface area contributed by atoms with E-state index in [0.717, 1.165) is 17.5 Å². The molecule has 1 aromatic heterocycles. The molecule has 6 nitrogen and oxygen atoms in total. The number of carbonyl (C=O) groups excluding carboxylic acids is 2. The van der Waals surface area contributed by atoms with E-state index in [1.807, 2.05) is 49.4 Å². The average molecular weight is 455 g/mol. The molecule has 0 fully saturated rings. The zero-order valence-corrected chi connectivity index (χ0v) is 18.3. The number of nitrogens with zero attached hydrogens (tertiary/aromatic N) is 3. The first kappa shape index (κ1) is 21.3. The van der Waals surface area contributed by atoms with Gasteiger partial charge in [0.15, 0.2) is 0 Å². The molecule has 4 rings (SSSR count). The number of carbonyl (C=O) groups is 2. The molecule has 1 aliphatic heterocycles. The molecule has 0 radical (unpaired) electrons. The van der Waals surface area contributed by atoms with Gasteiger partial charge < -0.3 is 10.2 Å². The zero-order chi connectivity index (χ0) is 22.0. The molecule has 0 saturated carbocycles. The molecule has 3 aromatic rings. The standard InChI is InChI=1S/C23H20Cl2N4O2/c1-2-19(14-6-4-3-5-7-14)27-20(30)13-29-12-16-9-8-15(10-17(16)22(29)31)21-18(24)11-26-23(25)28-21/h3-11,19H,2,12-13H2,1H3,(H,27,30). The molecule has 2 aromatic carbocycles. The quantitative estimate of drug-likeness (QED) is 0.548. The third-order valence-electron chi connectivity index (χ3n) is 5.26. The molecule has 1 aliphatic rings. The lowest BCUT2D eigenvalue weighted by Crippen LogP contribution is -2.39. The van der Waals surface area contributed by atoms with Crippen LogP contribution in [0, 0.1) is 0 Å². The van der Waals surface area contributed by atoms with Gasteiger partial charge in [-0.1, -0.05) is 61.0 Å². The Morgan fingerprint density at radius 3 is 2.71 bits per heavy atom. The largest absolute Gasteiger partial charge is 0.348 e. The molecule has 158 valence electrons. The highest BCUT2D eigenvalue weighted by Gasteiger charge is 2.30. The predicted molar refractivity (Wildman–Crippen MR) is 120 cm³/mol. The number of benzene rings is 2. The Morgan fingerprint density at radius 2 is 1.97 bits per heavy atom. The van der Waals surface area contributed by atoms with Crippen LogP contribution in [0.15, 0.2) is 54.7 Å². The second kappa shape index (κ2) is 9.04. The van der Waals surface area contributed by atoms with Gasteiger partial charge in [0.25, 0.3) is 5.91 Å². The van der Waals surface area contributed by atoms with Gasteiger partial charge in [-0.05, 0) is 35.2 Å². The normalized spacial score (nSPS) is 13.8. The number of amides is 2. The summed E-state index contributed by atoms with van der Waals surface area (Å²) in [7, 11) is 0. The third kappa shape index (κ3) is 4.55. The highest BCUT2D eigenvalue weighted by atomic mass is 35.5. The van der Waals surface area contributed by atoms with Crippen LogP contribution in [0.1, 0.15) is 40.9 Å². The van der Waals surface area contributed by atoms with Crippen molar-refractivity contribution < 1.29 is 9.59 Å². The zero-order valence-electron chi connectivity index (χ0n) is 16.8. The van der Waals surface area contributed by atoms with Gasteiger partial charge in [-0.3, -0.25) is 9.59 Å². The molecular formula is C23H20Cl2N4O2. The van der Waals surface area contributed by atoms with E-state index in [1.54, 1.807) is 6.07 Å². The molecule has 0 spiro atoms. The fourth-order valence-electron chi connectivity index (χ4n) is 3.70. The van der Waals surface area contributed by atoms with Crippen LogP contribution in [0.3, 0.4) is 0 Å². The van der Waals surface area contributed by atoms with Gasteiger partial charge in [0.2, 0.25) is 11.2 Å². The van der Waals surface area contributed by atoms with E-state index in [0.29, 0.717) is 28.4 Å². The summed E-state index contributed by atoms with van der Waals surface area (Å²) in [5.74, 6) is -0.390. The van der Waals surface area contributed by atoms with Gasteiger partial charge in [-0.15, -0.1) is 0 Å². The van der Waals surface area contributed by atoms with Gasteiger partial charge in [0, 0.05) is 17.7 Å². The molecule has 0 saturated heterocycles. The molecule has 2 heterocycles. The monoisotopic (exact) mass is 454 g/mol. The maximum atomic E-state index is 12.9. The van der Waals surface area contributed by atoms with Crippen LogP contribution in [0.2, 0.25) is 10.3 Å². The van der Waals surface area contributed by atoms with Crippen molar-refractivity contribution in [2.75, 3.05) is 6.54 Å². The van der Waals surface area contributed by atoms with Crippen molar-refractivity contribution in [3.63, 3.8) is 0 Å². The molecule has 1 N–H and O–H groups in total. The van der Waals surface area contributed by atoms with Gasteiger partial charge in [-0.25, -0.2) is 9.97 Å². The van der Waals surface area contributed by atoms with Gasteiger partial charge in [-0.2, -0.15) is 0 Å². The molecule has 31 heavy (non-hydrogen) atoms. The maximum absolute atomic E-state index is 12.9. The van der Waals surface area contributed by atoms with E-state index >= 15 is 0 Å². The minimum atomic E-state index is -0.198. The van der Waals surface area contributed by atoms with Crippen molar-refractivity contribution in [1.82, 2.24) is 20.2 Å². The van der Waals surface area contributed by atoms with Crippen molar-refractivity contribution in [3.8, 4) is 11.3 Å². The minimum absolute atomic E-state index is 0.00767. The number of hydrogen-bond acceptors (Lipinski definition) is 4. The first-order chi connectivity index (χ1) is 15.0. The Labute approximate surface area is 190 Å². The molecule has 2 amide bonds. The molecule has 0 aliphatic carbocycles. The summed E-state index contributed by atoms with van der Waals surface area (Å²) in [6.07, 6.45) is 2.18. The van der Waals surface area contributed by atoms with E-state index in [2.05, 4.69) is 15.3 Å². The highest BCUT2D eigenvalue weighted by molar-refractivity contribution is 6.33. The second-order valence-corrected chi connectivity index (χ2v) is 8.05. The van der Waals surface area contributed by atoms with Crippen LogP contribution in [0.4, 0.5) is 0 Å². The summed E-state index contributed by atoms with van der Waals surface area (Å²) in [4.78, 5) is 35.2. The van der Waals surface area contributed by atoms with Crippen molar-refractivity contribution in [3.05, 3.63) is 81.7 Å². The molecule has 1 unspecified atom stereocenters. The summed E-state index contributed by atoms with van der Waals surface area (Å²) >= 11 is 12.1. The number of aromatic nitrogens is 2. The second-order valence-electron chi connectivity index (χ2n) is 7.31. The average Bonchev–Trinajstić information content (AvgIpc) is 3.09. The van der Waals surface area contributed by atoms with Crippen LogP contribution in [0.5, 0.6) is 0 Å².